The van der Waals surface area contributed by atoms with Crippen molar-refractivity contribution in [3.63, 3.8) is 0 Å². The molecule has 0 unspecified atom stereocenters. The standard InChI is InChI=1S/C11H18BrN3O2S/c1-6-8(12)7(15(4)14-6)5-18-11(2,3)9(13)10(16)17/h9H,5,13H2,1-4H3,(H,16,17)/t9-/m1/s1. The van der Waals surface area contributed by atoms with E-state index in [2.05, 4.69) is 21.0 Å². The Morgan fingerprint density at radius 2 is 2.22 bits per heavy atom. The number of hydrogen-bond acceptors (Lipinski definition) is 4. The minimum absolute atomic E-state index is 0.538. The van der Waals surface area contributed by atoms with E-state index in [0.29, 0.717) is 5.75 Å². The molecule has 1 atom stereocenters. The van der Waals surface area contributed by atoms with Crippen LogP contribution in [0.3, 0.4) is 0 Å². The molecule has 7 heteroatoms. The molecule has 5 nitrogen and oxygen atoms in total. The molecule has 102 valence electrons. The summed E-state index contributed by atoms with van der Waals surface area (Å²) in [4.78, 5) is 10.9. The van der Waals surface area contributed by atoms with Crippen LogP contribution in [0.1, 0.15) is 25.2 Å². The van der Waals surface area contributed by atoms with E-state index >= 15 is 0 Å². The predicted molar refractivity (Wildman–Crippen MR) is 76.6 cm³/mol. The third-order valence-corrected chi connectivity index (χ3v) is 5.30. The van der Waals surface area contributed by atoms with Crippen LogP contribution in [-0.4, -0.2) is 31.6 Å². The number of carboxylic acids is 1. The normalized spacial score (nSPS) is 13.7. The van der Waals surface area contributed by atoms with Gasteiger partial charge >= 0.3 is 5.97 Å². The molecular formula is C11H18BrN3O2S. The van der Waals surface area contributed by atoms with Crippen LogP contribution in [0.2, 0.25) is 0 Å². The number of thioether (sulfide) groups is 1. The summed E-state index contributed by atoms with van der Waals surface area (Å²) in [5.41, 5.74) is 7.64. The van der Waals surface area contributed by atoms with E-state index in [1.54, 1.807) is 4.68 Å². The molecule has 0 amide bonds. The molecule has 0 aliphatic carbocycles. The Morgan fingerprint density at radius 1 is 1.67 bits per heavy atom. The minimum Gasteiger partial charge on any atom is -0.480 e. The lowest BCUT2D eigenvalue weighted by Crippen LogP contribution is -2.46. The highest BCUT2D eigenvalue weighted by atomic mass is 79.9. The van der Waals surface area contributed by atoms with Crippen molar-refractivity contribution in [1.82, 2.24) is 9.78 Å². The van der Waals surface area contributed by atoms with Crippen molar-refractivity contribution in [3.8, 4) is 0 Å². The lowest BCUT2D eigenvalue weighted by molar-refractivity contribution is -0.139. The second kappa shape index (κ2) is 5.63. The summed E-state index contributed by atoms with van der Waals surface area (Å²) in [6, 6.07) is -0.893. The van der Waals surface area contributed by atoms with Crippen LogP contribution in [0.4, 0.5) is 0 Å². The zero-order valence-electron chi connectivity index (χ0n) is 10.9. The fourth-order valence-electron chi connectivity index (χ4n) is 1.48. The first-order valence-electron chi connectivity index (χ1n) is 5.47. The molecule has 18 heavy (non-hydrogen) atoms. The van der Waals surface area contributed by atoms with Crippen molar-refractivity contribution in [2.75, 3.05) is 0 Å². The first kappa shape index (κ1) is 15.5. The van der Waals surface area contributed by atoms with Crippen LogP contribution in [-0.2, 0) is 17.6 Å². The Morgan fingerprint density at radius 3 is 2.61 bits per heavy atom. The number of hydrogen-bond donors (Lipinski definition) is 2. The number of halogens is 1. The van der Waals surface area contributed by atoms with Crippen molar-refractivity contribution >= 4 is 33.7 Å². The molecular weight excluding hydrogens is 318 g/mol. The zero-order valence-corrected chi connectivity index (χ0v) is 13.3. The highest BCUT2D eigenvalue weighted by Crippen LogP contribution is 2.33. The van der Waals surface area contributed by atoms with Gasteiger partial charge in [-0.3, -0.25) is 9.48 Å². The van der Waals surface area contributed by atoms with Crippen LogP contribution in [0, 0.1) is 6.92 Å². The summed E-state index contributed by atoms with van der Waals surface area (Å²) < 4.78 is 2.23. The van der Waals surface area contributed by atoms with Gasteiger partial charge in [0.2, 0.25) is 0 Å². The van der Waals surface area contributed by atoms with Crippen molar-refractivity contribution in [1.29, 1.82) is 0 Å². The van der Waals surface area contributed by atoms with Crippen LogP contribution < -0.4 is 5.73 Å². The molecule has 1 heterocycles. The van der Waals surface area contributed by atoms with Gasteiger partial charge in [-0.05, 0) is 36.7 Å². The summed E-state index contributed by atoms with van der Waals surface area (Å²) in [5.74, 6) is -0.320. The van der Waals surface area contributed by atoms with Crippen LogP contribution in [0.5, 0.6) is 0 Å². The quantitative estimate of drug-likeness (QED) is 0.859. The molecule has 0 saturated heterocycles. The lowest BCUT2D eigenvalue weighted by atomic mass is 10.1. The molecule has 1 aromatic heterocycles. The topological polar surface area (TPSA) is 81.1 Å². The van der Waals surface area contributed by atoms with E-state index in [1.807, 2.05) is 27.8 Å². The molecule has 0 aliphatic rings. The zero-order chi connectivity index (χ0) is 14.1. The Kier molecular flexibility index (Phi) is 4.85. The number of rotatable bonds is 5. The van der Waals surface area contributed by atoms with E-state index in [0.717, 1.165) is 15.9 Å². The summed E-state index contributed by atoms with van der Waals surface area (Å²) in [5, 5.41) is 13.3. The van der Waals surface area contributed by atoms with Crippen LogP contribution in [0.15, 0.2) is 4.47 Å². The average molecular weight is 336 g/mol. The van der Waals surface area contributed by atoms with Crippen LogP contribution >= 0.6 is 27.7 Å². The van der Waals surface area contributed by atoms with E-state index in [1.165, 1.54) is 11.8 Å². The maximum Gasteiger partial charge on any atom is 0.321 e. The number of carboxylic acid groups (broad SMARTS) is 1. The maximum atomic E-state index is 10.9. The molecule has 0 aliphatic heterocycles. The number of aliphatic carboxylic acids is 1. The Labute approximate surface area is 119 Å². The smallest absolute Gasteiger partial charge is 0.321 e. The van der Waals surface area contributed by atoms with Crippen molar-refractivity contribution < 1.29 is 9.90 Å². The third kappa shape index (κ3) is 3.27. The largest absolute Gasteiger partial charge is 0.480 e. The molecule has 0 fully saturated rings. The number of aryl methyl sites for hydroxylation is 2. The number of nitrogens with two attached hydrogens (primary N) is 1. The van der Waals surface area contributed by atoms with Crippen molar-refractivity contribution in [2.24, 2.45) is 12.8 Å². The molecule has 3 N–H and O–H groups in total. The molecule has 0 bridgehead atoms. The minimum atomic E-state index is -0.979. The Hall–Kier alpha value is -0.530. The number of nitrogens with zero attached hydrogens (tertiary/aromatic N) is 2. The molecule has 0 aromatic carbocycles. The number of carbonyl (C=O) groups is 1. The van der Waals surface area contributed by atoms with Gasteiger partial charge in [-0.25, -0.2) is 0 Å². The van der Waals surface area contributed by atoms with Gasteiger partial charge in [0.1, 0.15) is 6.04 Å². The maximum absolute atomic E-state index is 10.9. The average Bonchev–Trinajstić information content (AvgIpc) is 2.50. The van der Waals surface area contributed by atoms with Gasteiger partial charge in [0.25, 0.3) is 0 Å². The molecule has 0 spiro atoms. The fourth-order valence-corrected chi connectivity index (χ4v) is 3.26. The van der Waals surface area contributed by atoms with Gasteiger partial charge in [0.15, 0.2) is 0 Å². The first-order chi connectivity index (χ1) is 8.16. The summed E-state index contributed by atoms with van der Waals surface area (Å²) in [6.07, 6.45) is 0. The van der Waals surface area contributed by atoms with Crippen molar-refractivity contribution in [3.05, 3.63) is 15.9 Å². The molecule has 1 aromatic rings. The highest BCUT2D eigenvalue weighted by molar-refractivity contribution is 9.10. The Balaban J connectivity index is 2.79. The molecule has 1 rings (SSSR count). The SMILES string of the molecule is Cc1nn(C)c(CSC(C)(C)[C@H](N)C(=O)O)c1Br. The van der Waals surface area contributed by atoms with Gasteiger partial charge in [-0.1, -0.05) is 0 Å². The lowest BCUT2D eigenvalue weighted by Gasteiger charge is -2.28. The van der Waals surface area contributed by atoms with Gasteiger partial charge in [0.05, 0.1) is 15.9 Å². The van der Waals surface area contributed by atoms with E-state index in [9.17, 15) is 4.79 Å². The fraction of sp³-hybridized carbons (Fsp3) is 0.636. The summed E-state index contributed by atoms with van der Waals surface area (Å²) >= 11 is 5.00. The monoisotopic (exact) mass is 335 g/mol. The highest BCUT2D eigenvalue weighted by Gasteiger charge is 2.33. The summed E-state index contributed by atoms with van der Waals surface area (Å²) in [7, 11) is 1.87. The Bertz CT molecular complexity index is 459. The van der Waals surface area contributed by atoms with E-state index in [4.69, 9.17) is 10.8 Å². The van der Waals surface area contributed by atoms with Gasteiger partial charge in [-0.15, -0.1) is 11.8 Å². The van der Waals surface area contributed by atoms with Gasteiger partial charge in [-0.2, -0.15) is 5.10 Å². The van der Waals surface area contributed by atoms with E-state index in [-0.39, 0.29) is 0 Å². The van der Waals surface area contributed by atoms with E-state index < -0.39 is 16.8 Å². The summed E-state index contributed by atoms with van der Waals surface area (Å²) in [6.45, 7) is 5.60. The van der Waals surface area contributed by atoms with Gasteiger partial charge in [0, 0.05) is 17.5 Å². The third-order valence-electron chi connectivity index (χ3n) is 2.86. The van der Waals surface area contributed by atoms with Crippen LogP contribution in [0.25, 0.3) is 0 Å². The molecule has 0 radical (unpaired) electrons. The second-order valence-electron chi connectivity index (χ2n) is 4.68. The number of aromatic nitrogens is 2. The van der Waals surface area contributed by atoms with Crippen molar-refractivity contribution in [2.45, 2.75) is 37.3 Å². The van der Waals surface area contributed by atoms with Gasteiger partial charge < -0.3 is 10.8 Å². The molecule has 0 saturated carbocycles. The second-order valence-corrected chi connectivity index (χ2v) is 7.10. The predicted octanol–water partition coefficient (Wildman–Crippen LogP) is 1.91. The first-order valence-corrected chi connectivity index (χ1v) is 7.25.